The van der Waals surface area contributed by atoms with Crippen molar-refractivity contribution in [2.24, 2.45) is 0 Å². The molecule has 2 nitrogen and oxygen atoms in total. The Balaban J connectivity index is 2.12. The van der Waals surface area contributed by atoms with Gasteiger partial charge in [0, 0.05) is 31.8 Å². The minimum Gasteiger partial charge on any atom is -0.337 e. The van der Waals surface area contributed by atoms with Gasteiger partial charge in [0.2, 0.25) is 0 Å². The molecule has 1 aromatic heterocycles. The Morgan fingerprint density at radius 3 is 2.63 bits per heavy atom. The highest BCUT2D eigenvalue weighted by atomic mass is 79.9. The number of hydrogen-bond acceptors (Lipinski definition) is 2. The first-order valence-electron chi connectivity index (χ1n) is 5.72. The van der Waals surface area contributed by atoms with Crippen LogP contribution in [0, 0.1) is 6.92 Å². The van der Waals surface area contributed by atoms with Crippen molar-refractivity contribution in [3.8, 4) is 0 Å². The molecule has 0 saturated carbocycles. The first-order valence-corrected chi connectivity index (χ1v) is 8.18. The second-order valence-electron chi connectivity index (χ2n) is 4.36. The number of halogens is 2. The van der Waals surface area contributed by atoms with E-state index >= 15 is 0 Å². The molecule has 1 amide bonds. The van der Waals surface area contributed by atoms with E-state index in [-0.39, 0.29) is 5.91 Å². The number of aryl methyl sites for hydroxylation is 1. The number of rotatable bonds is 3. The van der Waals surface area contributed by atoms with E-state index in [1.165, 1.54) is 0 Å². The van der Waals surface area contributed by atoms with Crippen LogP contribution in [0.25, 0.3) is 0 Å². The van der Waals surface area contributed by atoms with Crippen molar-refractivity contribution in [2.75, 3.05) is 7.05 Å². The molecule has 1 heterocycles. The summed E-state index contributed by atoms with van der Waals surface area (Å²) >= 11 is 8.51. The van der Waals surface area contributed by atoms with Gasteiger partial charge >= 0.3 is 0 Å². The maximum atomic E-state index is 12.3. The van der Waals surface area contributed by atoms with E-state index < -0.39 is 0 Å². The largest absolute Gasteiger partial charge is 0.337 e. The highest BCUT2D eigenvalue weighted by Crippen LogP contribution is 2.22. The van der Waals surface area contributed by atoms with Crippen molar-refractivity contribution in [1.29, 1.82) is 0 Å². The lowest BCUT2D eigenvalue weighted by atomic mass is 10.1. The molecule has 5 heteroatoms. The zero-order valence-corrected chi connectivity index (χ0v) is 14.6. The lowest BCUT2D eigenvalue weighted by Crippen LogP contribution is -2.25. The molecule has 0 N–H and O–H groups in total. The SMILES string of the molecule is Cc1cc(C(=O)N(C)Cc2cc(Br)cs2)ccc1Br. The third-order valence-corrected chi connectivity index (χ3v) is 5.34. The summed E-state index contributed by atoms with van der Waals surface area (Å²) in [4.78, 5) is 15.2. The van der Waals surface area contributed by atoms with Crippen molar-refractivity contribution in [3.63, 3.8) is 0 Å². The van der Waals surface area contributed by atoms with Gasteiger partial charge in [0.15, 0.2) is 0 Å². The van der Waals surface area contributed by atoms with E-state index in [2.05, 4.69) is 31.9 Å². The number of carbonyl (C=O) groups is 1. The molecule has 100 valence electrons. The van der Waals surface area contributed by atoms with E-state index in [0.29, 0.717) is 6.54 Å². The summed E-state index contributed by atoms with van der Waals surface area (Å²) < 4.78 is 2.08. The van der Waals surface area contributed by atoms with Crippen molar-refractivity contribution < 1.29 is 4.79 Å². The molecule has 1 aromatic carbocycles. The van der Waals surface area contributed by atoms with Gasteiger partial charge in [-0.2, -0.15) is 0 Å². The van der Waals surface area contributed by atoms with Gasteiger partial charge in [-0.1, -0.05) is 15.9 Å². The van der Waals surface area contributed by atoms with Gasteiger partial charge in [0.25, 0.3) is 5.91 Å². The maximum Gasteiger partial charge on any atom is 0.253 e. The molecule has 0 spiro atoms. The Morgan fingerprint density at radius 2 is 2.05 bits per heavy atom. The highest BCUT2D eigenvalue weighted by Gasteiger charge is 2.13. The fourth-order valence-corrected chi connectivity index (χ4v) is 3.49. The molecule has 0 aliphatic heterocycles. The number of carbonyl (C=O) groups excluding carboxylic acids is 1. The minimum absolute atomic E-state index is 0.0418. The molecule has 0 unspecified atom stereocenters. The summed E-state index contributed by atoms with van der Waals surface area (Å²) in [5.74, 6) is 0.0418. The van der Waals surface area contributed by atoms with Gasteiger partial charge < -0.3 is 4.90 Å². The van der Waals surface area contributed by atoms with Crippen molar-refractivity contribution in [2.45, 2.75) is 13.5 Å². The van der Waals surface area contributed by atoms with Crippen LogP contribution in [0.3, 0.4) is 0 Å². The topological polar surface area (TPSA) is 20.3 Å². The van der Waals surface area contributed by atoms with Gasteiger partial charge in [-0.3, -0.25) is 4.79 Å². The molecule has 0 atom stereocenters. The van der Waals surface area contributed by atoms with Crippen LogP contribution in [0.4, 0.5) is 0 Å². The van der Waals surface area contributed by atoms with Crippen LogP contribution in [0.15, 0.2) is 38.6 Å². The zero-order valence-electron chi connectivity index (χ0n) is 10.6. The Labute approximate surface area is 133 Å². The van der Waals surface area contributed by atoms with Gasteiger partial charge in [0.1, 0.15) is 0 Å². The van der Waals surface area contributed by atoms with Crippen molar-refractivity contribution in [3.05, 3.63) is 54.6 Å². The van der Waals surface area contributed by atoms with Gasteiger partial charge in [-0.05, 0) is 52.7 Å². The van der Waals surface area contributed by atoms with E-state index in [1.54, 1.807) is 16.2 Å². The molecular formula is C14H13Br2NOS. The Hall–Kier alpha value is -0.650. The monoisotopic (exact) mass is 401 g/mol. The predicted octanol–water partition coefficient (Wildman–Crippen LogP) is 4.85. The number of thiophene rings is 1. The number of amides is 1. The standard InChI is InChI=1S/C14H13Br2NOS/c1-9-5-10(3-4-13(9)16)14(18)17(2)7-12-6-11(15)8-19-12/h3-6,8H,7H2,1-2H3. The summed E-state index contributed by atoms with van der Waals surface area (Å²) in [5.41, 5.74) is 1.79. The molecule has 0 radical (unpaired) electrons. The molecule has 0 aliphatic carbocycles. The van der Waals surface area contributed by atoms with E-state index in [9.17, 15) is 4.79 Å². The Morgan fingerprint density at radius 1 is 1.32 bits per heavy atom. The summed E-state index contributed by atoms with van der Waals surface area (Å²) in [6.07, 6.45) is 0. The van der Waals surface area contributed by atoms with E-state index in [1.807, 2.05) is 43.6 Å². The second kappa shape index (κ2) is 6.20. The third kappa shape index (κ3) is 3.68. The first-order chi connectivity index (χ1) is 8.97. The van der Waals surface area contributed by atoms with Crippen LogP contribution in [-0.4, -0.2) is 17.9 Å². The Kier molecular flexibility index (Phi) is 4.81. The summed E-state index contributed by atoms with van der Waals surface area (Å²) in [6, 6.07) is 7.72. The van der Waals surface area contributed by atoms with Crippen LogP contribution in [0.5, 0.6) is 0 Å². The normalized spacial score (nSPS) is 10.5. The molecule has 0 bridgehead atoms. The van der Waals surface area contributed by atoms with Gasteiger partial charge in [-0.25, -0.2) is 0 Å². The molecular weight excluding hydrogens is 390 g/mol. The smallest absolute Gasteiger partial charge is 0.253 e. The van der Waals surface area contributed by atoms with E-state index in [0.717, 1.165) is 24.9 Å². The molecule has 0 saturated heterocycles. The third-order valence-electron chi connectivity index (χ3n) is 2.77. The van der Waals surface area contributed by atoms with Crippen LogP contribution in [0.1, 0.15) is 20.8 Å². The predicted molar refractivity (Wildman–Crippen MR) is 86.7 cm³/mol. The fraction of sp³-hybridized carbons (Fsp3) is 0.214. The quantitative estimate of drug-likeness (QED) is 0.718. The number of hydrogen-bond donors (Lipinski definition) is 0. The first kappa shape index (κ1) is 14.8. The van der Waals surface area contributed by atoms with Gasteiger partial charge in [-0.15, -0.1) is 11.3 Å². The summed E-state index contributed by atoms with van der Waals surface area (Å²) in [5, 5.41) is 2.03. The summed E-state index contributed by atoms with van der Waals surface area (Å²) in [6.45, 7) is 2.61. The zero-order chi connectivity index (χ0) is 14.0. The molecule has 2 rings (SSSR count). The van der Waals surface area contributed by atoms with Gasteiger partial charge in [0.05, 0.1) is 6.54 Å². The highest BCUT2D eigenvalue weighted by molar-refractivity contribution is 9.10. The van der Waals surface area contributed by atoms with Crippen molar-refractivity contribution in [1.82, 2.24) is 4.90 Å². The number of benzene rings is 1. The Bertz CT molecular complexity index is 609. The second-order valence-corrected chi connectivity index (χ2v) is 7.12. The lowest BCUT2D eigenvalue weighted by Gasteiger charge is -2.16. The molecule has 0 aliphatic rings. The molecule has 0 fully saturated rings. The van der Waals surface area contributed by atoms with Crippen LogP contribution < -0.4 is 0 Å². The van der Waals surface area contributed by atoms with Crippen LogP contribution in [-0.2, 0) is 6.54 Å². The molecule has 19 heavy (non-hydrogen) atoms. The minimum atomic E-state index is 0.0418. The summed E-state index contributed by atoms with van der Waals surface area (Å²) in [7, 11) is 1.83. The van der Waals surface area contributed by atoms with Crippen LogP contribution >= 0.6 is 43.2 Å². The maximum absolute atomic E-state index is 12.3. The fourth-order valence-electron chi connectivity index (χ4n) is 1.74. The number of nitrogens with zero attached hydrogens (tertiary/aromatic N) is 1. The average Bonchev–Trinajstić information content (AvgIpc) is 2.77. The van der Waals surface area contributed by atoms with Crippen LogP contribution in [0.2, 0.25) is 0 Å². The average molecular weight is 403 g/mol. The lowest BCUT2D eigenvalue weighted by molar-refractivity contribution is 0.0786. The van der Waals surface area contributed by atoms with E-state index in [4.69, 9.17) is 0 Å². The van der Waals surface area contributed by atoms with Crippen molar-refractivity contribution >= 4 is 49.1 Å². The molecule has 2 aromatic rings.